The second kappa shape index (κ2) is 8.29. The van der Waals surface area contributed by atoms with Gasteiger partial charge < -0.3 is 9.47 Å². The van der Waals surface area contributed by atoms with E-state index in [9.17, 15) is 4.79 Å². The second-order valence-electron chi connectivity index (χ2n) is 7.45. The van der Waals surface area contributed by atoms with Gasteiger partial charge in [0.2, 0.25) is 6.79 Å². The third kappa shape index (κ3) is 3.94. The van der Waals surface area contributed by atoms with Crippen LogP contribution < -0.4 is 14.8 Å². The van der Waals surface area contributed by atoms with Gasteiger partial charge in [0.15, 0.2) is 16.6 Å². The number of carbonyl (C=O) groups excluding carboxylic acids is 1. The minimum atomic E-state index is -0.339. The molecule has 32 heavy (non-hydrogen) atoms. The molecule has 9 heteroatoms. The lowest BCUT2D eigenvalue weighted by Crippen LogP contribution is -2.13. The lowest BCUT2D eigenvalue weighted by Gasteiger charge is -2.05. The Balaban J connectivity index is 1.33. The molecule has 1 aliphatic rings. The van der Waals surface area contributed by atoms with Crippen LogP contribution in [0.5, 0.6) is 11.5 Å². The van der Waals surface area contributed by atoms with Gasteiger partial charge in [-0.25, -0.2) is 9.67 Å². The van der Waals surface area contributed by atoms with Crippen LogP contribution in [-0.2, 0) is 6.54 Å². The largest absolute Gasteiger partial charge is 0.454 e. The maximum absolute atomic E-state index is 12.9. The molecule has 1 N–H and O–H groups in total. The molecule has 0 aliphatic carbocycles. The molecule has 4 aromatic rings. The van der Waals surface area contributed by atoms with Gasteiger partial charge in [0.05, 0.1) is 23.5 Å². The van der Waals surface area contributed by atoms with Crippen LogP contribution in [0.15, 0.2) is 47.8 Å². The zero-order valence-electron chi connectivity index (χ0n) is 17.4. The number of hydrogen-bond acceptors (Lipinski definition) is 6. The second-order valence-corrected chi connectivity index (χ2v) is 8.67. The van der Waals surface area contributed by atoms with E-state index in [4.69, 9.17) is 21.1 Å². The van der Waals surface area contributed by atoms with Crippen LogP contribution in [0, 0.1) is 13.8 Å². The fourth-order valence-corrected chi connectivity index (χ4v) is 4.50. The summed E-state index contributed by atoms with van der Waals surface area (Å²) in [5, 5.41) is 9.95. The number of anilines is 1. The summed E-state index contributed by atoms with van der Waals surface area (Å²) in [5.74, 6) is 1.06. The van der Waals surface area contributed by atoms with E-state index in [1.165, 1.54) is 16.9 Å². The highest BCUT2D eigenvalue weighted by Gasteiger charge is 2.22. The van der Waals surface area contributed by atoms with E-state index < -0.39 is 0 Å². The molecule has 0 spiro atoms. The Morgan fingerprint density at radius 1 is 1.16 bits per heavy atom. The minimum Gasteiger partial charge on any atom is -0.454 e. The van der Waals surface area contributed by atoms with Crippen molar-refractivity contribution in [1.29, 1.82) is 0 Å². The number of carbonyl (C=O) groups is 1. The minimum absolute atomic E-state index is 0.217. The molecule has 7 nitrogen and oxygen atoms in total. The van der Waals surface area contributed by atoms with E-state index in [1.54, 1.807) is 11.6 Å². The van der Waals surface area contributed by atoms with Crippen LogP contribution in [-0.4, -0.2) is 27.5 Å². The lowest BCUT2D eigenvalue weighted by atomic mass is 10.1. The van der Waals surface area contributed by atoms with Crippen LogP contribution in [0.4, 0.5) is 5.13 Å². The first kappa shape index (κ1) is 20.5. The Morgan fingerprint density at radius 3 is 2.75 bits per heavy atom. The smallest absolute Gasteiger partial charge is 0.262 e. The highest BCUT2D eigenvalue weighted by Crippen LogP contribution is 2.36. The number of nitrogens with one attached hydrogen (secondary N) is 1. The van der Waals surface area contributed by atoms with Gasteiger partial charge in [0.25, 0.3) is 5.91 Å². The number of aromatic nitrogens is 3. The normalized spacial score (nSPS) is 12.2. The molecule has 162 valence electrons. The first-order valence-electron chi connectivity index (χ1n) is 9.93. The summed E-state index contributed by atoms with van der Waals surface area (Å²) in [5.41, 5.74) is 4.76. The molecule has 0 radical (unpaired) electrons. The number of thiazole rings is 1. The summed E-state index contributed by atoms with van der Waals surface area (Å²) < 4.78 is 12.4. The average molecular weight is 467 g/mol. The van der Waals surface area contributed by atoms with E-state index in [-0.39, 0.29) is 12.7 Å². The van der Waals surface area contributed by atoms with Crippen molar-refractivity contribution in [2.45, 2.75) is 20.4 Å². The molecule has 1 amide bonds. The van der Waals surface area contributed by atoms with E-state index in [0.29, 0.717) is 39.6 Å². The van der Waals surface area contributed by atoms with Crippen molar-refractivity contribution in [2.24, 2.45) is 0 Å². The van der Waals surface area contributed by atoms with Crippen molar-refractivity contribution in [1.82, 2.24) is 14.8 Å². The van der Waals surface area contributed by atoms with Gasteiger partial charge in [0, 0.05) is 10.9 Å². The Morgan fingerprint density at radius 2 is 1.94 bits per heavy atom. The molecule has 0 atom stereocenters. The first-order valence-corrected chi connectivity index (χ1v) is 11.2. The quantitative estimate of drug-likeness (QED) is 0.431. The summed E-state index contributed by atoms with van der Waals surface area (Å²) in [4.78, 5) is 17.5. The standard InChI is InChI=1S/C23H19ClN4O3S/c1-13-3-5-15(6-4-13)10-28-21(24)20(14(2)27-28)22(29)26-23-25-17(11-32-23)16-7-8-18-19(9-16)31-12-30-18/h3-9,11H,10,12H2,1-2H3,(H,25,26,29). The van der Waals surface area contributed by atoms with Crippen LogP contribution in [0.25, 0.3) is 11.3 Å². The summed E-state index contributed by atoms with van der Waals surface area (Å²) in [6.45, 7) is 4.51. The van der Waals surface area contributed by atoms with E-state index in [0.717, 1.165) is 16.8 Å². The van der Waals surface area contributed by atoms with Crippen molar-refractivity contribution in [2.75, 3.05) is 12.1 Å². The third-order valence-corrected chi connectivity index (χ3v) is 6.28. The number of hydrogen-bond donors (Lipinski definition) is 1. The highest BCUT2D eigenvalue weighted by atomic mass is 35.5. The predicted molar refractivity (Wildman–Crippen MR) is 124 cm³/mol. The zero-order valence-corrected chi connectivity index (χ0v) is 19.0. The van der Waals surface area contributed by atoms with Gasteiger partial charge in [-0.05, 0) is 37.6 Å². The number of rotatable bonds is 5. The summed E-state index contributed by atoms with van der Waals surface area (Å²) in [7, 11) is 0. The number of halogens is 1. The fraction of sp³-hybridized carbons (Fsp3) is 0.174. The van der Waals surface area contributed by atoms with Crippen molar-refractivity contribution in [3.05, 3.63) is 75.4 Å². The monoisotopic (exact) mass is 466 g/mol. The number of nitrogens with zero attached hydrogens (tertiary/aromatic N) is 3. The van der Waals surface area contributed by atoms with E-state index in [1.807, 2.05) is 54.8 Å². The van der Waals surface area contributed by atoms with Crippen LogP contribution in [0.2, 0.25) is 5.15 Å². The molecule has 5 rings (SSSR count). The fourth-order valence-electron chi connectivity index (χ4n) is 3.46. The maximum atomic E-state index is 12.9. The van der Waals surface area contributed by atoms with Gasteiger partial charge in [0.1, 0.15) is 5.15 Å². The van der Waals surface area contributed by atoms with E-state index in [2.05, 4.69) is 15.4 Å². The molecule has 0 saturated heterocycles. The molecule has 3 heterocycles. The van der Waals surface area contributed by atoms with Crippen LogP contribution >= 0.6 is 22.9 Å². The maximum Gasteiger partial charge on any atom is 0.262 e. The molecule has 0 unspecified atom stereocenters. The molecule has 0 fully saturated rings. The number of benzene rings is 2. The lowest BCUT2D eigenvalue weighted by molar-refractivity contribution is 0.102. The van der Waals surface area contributed by atoms with E-state index >= 15 is 0 Å². The molecule has 2 aromatic heterocycles. The summed E-state index contributed by atoms with van der Waals surface area (Å²) >= 11 is 7.86. The average Bonchev–Trinajstić information content (AvgIpc) is 3.49. The van der Waals surface area contributed by atoms with Gasteiger partial charge >= 0.3 is 0 Å². The van der Waals surface area contributed by atoms with Gasteiger partial charge in [-0.15, -0.1) is 11.3 Å². The molecule has 1 aliphatic heterocycles. The Labute approximate surface area is 193 Å². The Hall–Kier alpha value is -3.36. The van der Waals surface area contributed by atoms with Crippen molar-refractivity contribution in [3.63, 3.8) is 0 Å². The van der Waals surface area contributed by atoms with Crippen molar-refractivity contribution in [3.8, 4) is 22.8 Å². The molecule has 0 bridgehead atoms. The molecular weight excluding hydrogens is 448 g/mol. The molecule has 2 aromatic carbocycles. The number of ether oxygens (including phenoxy) is 2. The van der Waals surface area contributed by atoms with Gasteiger partial charge in [-0.1, -0.05) is 41.4 Å². The van der Waals surface area contributed by atoms with Gasteiger partial charge in [-0.3, -0.25) is 10.1 Å². The number of fused-ring (bicyclic) bond motifs is 1. The zero-order chi connectivity index (χ0) is 22.2. The third-order valence-electron chi connectivity index (χ3n) is 5.14. The first-order chi connectivity index (χ1) is 15.5. The molecular formula is C23H19ClN4O3S. The van der Waals surface area contributed by atoms with Crippen LogP contribution in [0.3, 0.4) is 0 Å². The number of aryl methyl sites for hydroxylation is 2. The highest BCUT2D eigenvalue weighted by molar-refractivity contribution is 7.14. The SMILES string of the molecule is Cc1ccc(Cn2nc(C)c(C(=O)Nc3nc(-c4ccc5c(c4)OCO5)cs3)c2Cl)cc1. The topological polar surface area (TPSA) is 78.3 Å². The van der Waals surface area contributed by atoms with Crippen LogP contribution in [0.1, 0.15) is 27.2 Å². The Bertz CT molecular complexity index is 1310. The van der Waals surface area contributed by atoms with Crippen molar-refractivity contribution < 1.29 is 14.3 Å². The summed E-state index contributed by atoms with van der Waals surface area (Å²) in [6.07, 6.45) is 0. The predicted octanol–water partition coefficient (Wildman–Crippen LogP) is 5.31. The van der Waals surface area contributed by atoms with Crippen molar-refractivity contribution >= 4 is 34.0 Å². The molecule has 0 saturated carbocycles. The summed E-state index contributed by atoms with van der Waals surface area (Å²) in [6, 6.07) is 13.7. The number of amides is 1. The Kier molecular flexibility index (Phi) is 5.32. The van der Waals surface area contributed by atoms with Gasteiger partial charge in [-0.2, -0.15) is 5.10 Å².